The zero-order chi connectivity index (χ0) is 15.2. The van der Waals surface area contributed by atoms with Crippen molar-refractivity contribution in [1.29, 1.82) is 0 Å². The number of benzene rings is 1. The number of amides is 1. The Morgan fingerprint density at radius 3 is 2.60 bits per heavy atom. The Morgan fingerprint density at radius 2 is 2.00 bits per heavy atom. The van der Waals surface area contributed by atoms with Crippen molar-refractivity contribution < 1.29 is 14.6 Å². The number of aliphatic hydroxyl groups excluding tert-OH is 1. The standard InChI is InChI=1S/C16H25NO3/c1-12(10-18)9-17-15(19)11-20-14-8-6-5-7-13(14)16(2,3)4/h5-8,12,18H,9-11H2,1-4H3,(H,17,19). The van der Waals surface area contributed by atoms with Crippen LogP contribution in [0.4, 0.5) is 0 Å². The third-order valence-corrected chi connectivity index (χ3v) is 3.01. The zero-order valence-corrected chi connectivity index (χ0v) is 12.8. The van der Waals surface area contributed by atoms with Crippen LogP contribution in [-0.4, -0.2) is 30.8 Å². The molecule has 1 unspecified atom stereocenters. The van der Waals surface area contributed by atoms with Gasteiger partial charge >= 0.3 is 0 Å². The maximum absolute atomic E-state index is 11.7. The van der Waals surface area contributed by atoms with Gasteiger partial charge in [0.15, 0.2) is 6.61 Å². The van der Waals surface area contributed by atoms with Crippen molar-refractivity contribution in [2.75, 3.05) is 19.8 Å². The molecule has 0 aliphatic rings. The summed E-state index contributed by atoms with van der Waals surface area (Å²) in [5, 5.41) is 11.6. The molecule has 20 heavy (non-hydrogen) atoms. The summed E-state index contributed by atoms with van der Waals surface area (Å²) in [6, 6.07) is 7.76. The molecule has 1 aromatic rings. The van der Waals surface area contributed by atoms with Crippen molar-refractivity contribution >= 4 is 5.91 Å². The minimum Gasteiger partial charge on any atom is -0.483 e. The molecule has 0 radical (unpaired) electrons. The van der Waals surface area contributed by atoms with E-state index in [9.17, 15) is 4.79 Å². The number of hydrogen-bond donors (Lipinski definition) is 2. The highest BCUT2D eigenvalue weighted by atomic mass is 16.5. The fourth-order valence-electron chi connectivity index (χ4n) is 1.76. The predicted molar refractivity (Wildman–Crippen MR) is 79.9 cm³/mol. The number of para-hydroxylation sites is 1. The fourth-order valence-corrected chi connectivity index (χ4v) is 1.76. The predicted octanol–water partition coefficient (Wildman–Crippen LogP) is 2.11. The maximum Gasteiger partial charge on any atom is 0.257 e. The van der Waals surface area contributed by atoms with E-state index in [-0.39, 0.29) is 30.5 Å². The number of rotatable bonds is 6. The van der Waals surface area contributed by atoms with Crippen molar-refractivity contribution in [2.24, 2.45) is 5.92 Å². The first-order valence-electron chi connectivity index (χ1n) is 6.94. The van der Waals surface area contributed by atoms with Crippen molar-refractivity contribution in [3.05, 3.63) is 29.8 Å². The number of carbonyl (C=O) groups excluding carboxylic acids is 1. The Morgan fingerprint density at radius 1 is 1.35 bits per heavy atom. The molecule has 112 valence electrons. The largest absolute Gasteiger partial charge is 0.483 e. The molecule has 0 saturated heterocycles. The van der Waals surface area contributed by atoms with Crippen LogP contribution < -0.4 is 10.1 Å². The lowest BCUT2D eigenvalue weighted by Gasteiger charge is -2.22. The molecule has 0 heterocycles. The summed E-state index contributed by atoms with van der Waals surface area (Å²) in [6.07, 6.45) is 0. The van der Waals surface area contributed by atoms with E-state index >= 15 is 0 Å². The second-order valence-electron chi connectivity index (χ2n) is 6.13. The smallest absolute Gasteiger partial charge is 0.257 e. The topological polar surface area (TPSA) is 58.6 Å². The van der Waals surface area contributed by atoms with Crippen LogP contribution in [-0.2, 0) is 10.2 Å². The molecule has 1 rings (SSSR count). The molecule has 1 aromatic carbocycles. The molecule has 4 nitrogen and oxygen atoms in total. The third kappa shape index (κ3) is 5.21. The Hall–Kier alpha value is -1.55. The van der Waals surface area contributed by atoms with Crippen molar-refractivity contribution in [1.82, 2.24) is 5.32 Å². The lowest BCUT2D eigenvalue weighted by atomic mass is 9.86. The molecular weight excluding hydrogens is 254 g/mol. The minimum absolute atomic E-state index is 0.00869. The zero-order valence-electron chi connectivity index (χ0n) is 12.8. The summed E-state index contributed by atoms with van der Waals surface area (Å²) in [7, 11) is 0. The number of aliphatic hydroxyl groups is 1. The molecule has 0 bridgehead atoms. The van der Waals surface area contributed by atoms with Crippen LogP contribution in [0.2, 0.25) is 0 Å². The van der Waals surface area contributed by atoms with E-state index < -0.39 is 0 Å². The van der Waals surface area contributed by atoms with Crippen molar-refractivity contribution in [3.8, 4) is 5.75 Å². The molecule has 0 aromatic heterocycles. The highest BCUT2D eigenvalue weighted by Crippen LogP contribution is 2.30. The Labute approximate surface area is 121 Å². The summed E-state index contributed by atoms with van der Waals surface area (Å²) < 4.78 is 5.62. The van der Waals surface area contributed by atoms with Crippen molar-refractivity contribution in [2.45, 2.75) is 33.1 Å². The van der Waals surface area contributed by atoms with Gasteiger partial charge in [-0.15, -0.1) is 0 Å². The van der Waals surface area contributed by atoms with Crippen LogP contribution in [0.1, 0.15) is 33.3 Å². The molecular formula is C16H25NO3. The molecule has 2 N–H and O–H groups in total. The minimum atomic E-state index is -0.172. The van der Waals surface area contributed by atoms with Crippen LogP contribution in [0, 0.1) is 5.92 Å². The molecule has 0 fully saturated rings. The normalized spacial score (nSPS) is 12.8. The van der Waals surface area contributed by atoms with Crippen molar-refractivity contribution in [3.63, 3.8) is 0 Å². The average molecular weight is 279 g/mol. The van der Waals surface area contributed by atoms with Gasteiger partial charge < -0.3 is 15.2 Å². The third-order valence-electron chi connectivity index (χ3n) is 3.01. The van der Waals surface area contributed by atoms with Gasteiger partial charge in [0.2, 0.25) is 0 Å². The second-order valence-corrected chi connectivity index (χ2v) is 6.13. The first-order valence-corrected chi connectivity index (χ1v) is 6.94. The maximum atomic E-state index is 11.7. The highest BCUT2D eigenvalue weighted by Gasteiger charge is 2.18. The van der Waals surface area contributed by atoms with Crippen LogP contribution in [0.25, 0.3) is 0 Å². The van der Waals surface area contributed by atoms with Gasteiger partial charge in [0, 0.05) is 13.2 Å². The molecule has 0 aliphatic carbocycles. The van der Waals surface area contributed by atoms with Crippen LogP contribution in [0.5, 0.6) is 5.75 Å². The molecule has 4 heteroatoms. The number of carbonyl (C=O) groups is 1. The molecule has 1 amide bonds. The van der Waals surface area contributed by atoms with E-state index in [1.165, 1.54) is 0 Å². The van der Waals surface area contributed by atoms with Gasteiger partial charge in [-0.05, 0) is 23.0 Å². The van der Waals surface area contributed by atoms with Crippen LogP contribution >= 0.6 is 0 Å². The first kappa shape index (κ1) is 16.5. The lowest BCUT2D eigenvalue weighted by Crippen LogP contribution is -2.33. The summed E-state index contributed by atoms with van der Waals surface area (Å²) in [4.78, 5) is 11.7. The Balaban J connectivity index is 2.56. The summed E-state index contributed by atoms with van der Waals surface area (Å²) >= 11 is 0. The average Bonchev–Trinajstić information content (AvgIpc) is 2.41. The fraction of sp³-hybridized carbons (Fsp3) is 0.562. The van der Waals surface area contributed by atoms with Gasteiger partial charge in [-0.2, -0.15) is 0 Å². The molecule has 0 aliphatic heterocycles. The second kappa shape index (κ2) is 7.29. The summed E-state index contributed by atoms with van der Waals surface area (Å²) in [5.41, 5.74) is 1.05. The SMILES string of the molecule is CC(CO)CNC(=O)COc1ccccc1C(C)(C)C. The Kier molecular flexibility index (Phi) is 6.02. The van der Waals surface area contributed by atoms with E-state index in [0.29, 0.717) is 6.54 Å². The van der Waals surface area contributed by atoms with Gasteiger partial charge in [0.05, 0.1) is 0 Å². The highest BCUT2D eigenvalue weighted by molar-refractivity contribution is 5.77. The quantitative estimate of drug-likeness (QED) is 0.838. The van der Waals surface area contributed by atoms with E-state index in [1.54, 1.807) is 0 Å². The molecule has 0 saturated carbocycles. The van der Waals surface area contributed by atoms with E-state index in [2.05, 4.69) is 26.1 Å². The molecule has 1 atom stereocenters. The van der Waals surface area contributed by atoms with Gasteiger partial charge in [-0.25, -0.2) is 0 Å². The number of ether oxygens (including phenoxy) is 1. The summed E-state index contributed by atoms with van der Waals surface area (Å²) in [6.45, 7) is 8.71. The van der Waals surface area contributed by atoms with Gasteiger partial charge in [-0.1, -0.05) is 45.9 Å². The monoisotopic (exact) mass is 279 g/mol. The Bertz CT molecular complexity index is 438. The first-order chi connectivity index (χ1) is 9.34. The van der Waals surface area contributed by atoms with E-state index in [1.807, 2.05) is 31.2 Å². The number of nitrogens with one attached hydrogen (secondary N) is 1. The van der Waals surface area contributed by atoms with Gasteiger partial charge in [0.1, 0.15) is 5.75 Å². The van der Waals surface area contributed by atoms with Gasteiger partial charge in [0.25, 0.3) is 5.91 Å². The summed E-state index contributed by atoms with van der Waals surface area (Å²) in [5.74, 6) is 0.625. The van der Waals surface area contributed by atoms with Gasteiger partial charge in [-0.3, -0.25) is 4.79 Å². The van der Waals surface area contributed by atoms with Crippen LogP contribution in [0.15, 0.2) is 24.3 Å². The van der Waals surface area contributed by atoms with Crippen LogP contribution in [0.3, 0.4) is 0 Å². The molecule has 0 spiro atoms. The van der Waals surface area contributed by atoms with E-state index in [4.69, 9.17) is 9.84 Å². The lowest BCUT2D eigenvalue weighted by molar-refractivity contribution is -0.123. The van der Waals surface area contributed by atoms with E-state index in [0.717, 1.165) is 11.3 Å². The number of hydrogen-bond acceptors (Lipinski definition) is 3.